The maximum Gasteiger partial charge on any atom is 0.285 e. The van der Waals surface area contributed by atoms with Gasteiger partial charge in [0.15, 0.2) is 0 Å². The third kappa shape index (κ3) is 4.61. The molecule has 1 atom stereocenters. The number of benzene rings is 1. The Morgan fingerprint density at radius 3 is 2.71 bits per heavy atom. The van der Waals surface area contributed by atoms with E-state index >= 15 is 0 Å². The fourth-order valence-electron chi connectivity index (χ4n) is 1.71. The summed E-state index contributed by atoms with van der Waals surface area (Å²) in [4.78, 5) is 23.3. The van der Waals surface area contributed by atoms with Gasteiger partial charge in [0.05, 0.1) is 23.0 Å². The van der Waals surface area contributed by atoms with E-state index in [1.54, 1.807) is 0 Å². The molecule has 1 unspecified atom stereocenters. The van der Waals surface area contributed by atoms with Gasteiger partial charge in [0.25, 0.3) is 11.6 Å². The van der Waals surface area contributed by atoms with Crippen LogP contribution < -0.4 is 15.8 Å². The summed E-state index contributed by atoms with van der Waals surface area (Å²) in [6.07, 6.45) is 2.41. The van der Waals surface area contributed by atoms with E-state index in [1.165, 1.54) is 31.0 Å². The Kier molecular flexibility index (Phi) is 6.44. The van der Waals surface area contributed by atoms with E-state index in [0.29, 0.717) is 23.6 Å². The zero-order valence-corrected chi connectivity index (χ0v) is 13.0. The summed E-state index contributed by atoms with van der Waals surface area (Å²) in [6, 6.07) is 2.70. The Labute approximate surface area is 127 Å². The van der Waals surface area contributed by atoms with Crippen LogP contribution in [0.1, 0.15) is 23.7 Å². The highest BCUT2D eigenvalue weighted by atomic mass is 32.2. The molecule has 0 aliphatic heterocycles. The number of nitrogens with one attached hydrogen (secondary N) is 1. The van der Waals surface area contributed by atoms with Crippen LogP contribution in [0.25, 0.3) is 0 Å². The first-order valence-electron chi connectivity index (χ1n) is 6.34. The quantitative estimate of drug-likeness (QED) is 0.451. The number of hydrogen-bond acceptors (Lipinski definition) is 6. The van der Waals surface area contributed by atoms with Gasteiger partial charge in [0, 0.05) is 12.6 Å². The van der Waals surface area contributed by atoms with Gasteiger partial charge in [0.1, 0.15) is 11.3 Å². The molecule has 1 aromatic rings. The Hall–Kier alpha value is -1.80. The Bertz CT molecular complexity index is 534. The number of methoxy groups -OCH3 is 1. The summed E-state index contributed by atoms with van der Waals surface area (Å²) in [7, 11) is 1.43. The van der Waals surface area contributed by atoms with Crippen molar-refractivity contribution in [1.82, 2.24) is 5.32 Å². The molecular formula is C13H19N3O4S. The predicted molar refractivity (Wildman–Crippen MR) is 82.0 cm³/mol. The molecule has 0 bridgehead atoms. The van der Waals surface area contributed by atoms with Crippen LogP contribution in [0.15, 0.2) is 17.0 Å². The molecule has 0 fully saturated rings. The number of thioether (sulfide) groups is 1. The van der Waals surface area contributed by atoms with Gasteiger partial charge in [-0.3, -0.25) is 14.9 Å². The monoisotopic (exact) mass is 313 g/mol. The topological polar surface area (TPSA) is 107 Å². The number of nitrogens with two attached hydrogens (primary N) is 1. The van der Waals surface area contributed by atoms with Crippen LogP contribution in [0.5, 0.6) is 5.75 Å². The van der Waals surface area contributed by atoms with Crippen LogP contribution in [0, 0.1) is 10.1 Å². The minimum absolute atomic E-state index is 0.0230. The largest absolute Gasteiger partial charge is 0.495 e. The van der Waals surface area contributed by atoms with Gasteiger partial charge in [0.2, 0.25) is 0 Å². The molecule has 7 nitrogen and oxygen atoms in total. The minimum atomic E-state index is -0.590. The summed E-state index contributed by atoms with van der Waals surface area (Å²) in [6.45, 7) is 2.20. The van der Waals surface area contributed by atoms with E-state index in [4.69, 9.17) is 10.5 Å². The summed E-state index contributed by atoms with van der Waals surface area (Å²) in [5.41, 5.74) is 5.35. The number of nitro groups is 1. The second-order valence-corrected chi connectivity index (χ2v) is 5.35. The lowest BCUT2D eigenvalue weighted by atomic mass is 10.1. The molecule has 8 heteroatoms. The van der Waals surface area contributed by atoms with Crippen LogP contribution in [0.2, 0.25) is 0 Å². The standard InChI is InChI=1S/C13H19N3O4S/c1-8(14)4-5-15-13(17)9-6-12(21-3)11(20-2)7-10(9)16(18)19/h6-8H,4-5,14H2,1-3H3,(H,15,17). The number of carbonyl (C=O) groups excluding carboxylic acids is 1. The van der Waals surface area contributed by atoms with E-state index < -0.39 is 10.8 Å². The summed E-state index contributed by atoms with van der Waals surface area (Å²) < 4.78 is 5.10. The highest BCUT2D eigenvalue weighted by molar-refractivity contribution is 7.98. The average molecular weight is 313 g/mol. The van der Waals surface area contributed by atoms with Crippen molar-refractivity contribution in [2.75, 3.05) is 19.9 Å². The predicted octanol–water partition coefficient (Wildman–Crippen LogP) is 1.79. The molecular weight excluding hydrogens is 294 g/mol. The second kappa shape index (κ2) is 7.84. The zero-order valence-electron chi connectivity index (χ0n) is 12.2. The number of ether oxygens (including phenoxy) is 1. The highest BCUT2D eigenvalue weighted by Gasteiger charge is 2.23. The Morgan fingerprint density at radius 1 is 1.57 bits per heavy atom. The van der Waals surface area contributed by atoms with Crippen LogP contribution in [0.3, 0.4) is 0 Å². The SMILES string of the molecule is COc1cc([N+](=O)[O-])c(C(=O)NCCC(C)N)cc1SC. The molecule has 0 saturated heterocycles. The van der Waals surface area contributed by atoms with E-state index in [1.807, 2.05) is 13.2 Å². The van der Waals surface area contributed by atoms with Gasteiger partial charge >= 0.3 is 0 Å². The molecule has 0 spiro atoms. The smallest absolute Gasteiger partial charge is 0.285 e. The first-order chi connectivity index (χ1) is 9.90. The third-order valence-electron chi connectivity index (χ3n) is 2.83. The number of hydrogen-bond donors (Lipinski definition) is 2. The van der Waals surface area contributed by atoms with Gasteiger partial charge in [-0.25, -0.2) is 0 Å². The molecule has 1 aromatic carbocycles. The molecule has 1 amide bonds. The summed E-state index contributed by atoms with van der Waals surface area (Å²) in [5, 5.41) is 13.8. The molecule has 0 aliphatic rings. The van der Waals surface area contributed by atoms with Gasteiger partial charge in [-0.2, -0.15) is 0 Å². The van der Waals surface area contributed by atoms with Crippen molar-refractivity contribution in [3.63, 3.8) is 0 Å². The van der Waals surface area contributed by atoms with Crippen LogP contribution in [-0.4, -0.2) is 36.8 Å². The van der Waals surface area contributed by atoms with Crippen LogP contribution in [-0.2, 0) is 0 Å². The number of nitrogens with zero attached hydrogens (tertiary/aromatic N) is 1. The van der Waals surface area contributed by atoms with Crippen molar-refractivity contribution < 1.29 is 14.5 Å². The summed E-state index contributed by atoms with van der Waals surface area (Å²) in [5.74, 6) is -0.110. The van der Waals surface area contributed by atoms with Gasteiger partial charge in [-0.15, -0.1) is 11.8 Å². The lowest BCUT2D eigenvalue weighted by molar-refractivity contribution is -0.385. The van der Waals surface area contributed by atoms with Crippen LogP contribution in [0.4, 0.5) is 5.69 Å². The minimum Gasteiger partial charge on any atom is -0.495 e. The normalized spacial score (nSPS) is 11.8. The van der Waals surface area contributed by atoms with Gasteiger partial charge in [-0.1, -0.05) is 0 Å². The van der Waals surface area contributed by atoms with E-state index in [-0.39, 0.29) is 17.3 Å². The average Bonchev–Trinajstić information content (AvgIpc) is 2.44. The maximum atomic E-state index is 12.1. The molecule has 0 aromatic heterocycles. The van der Waals surface area contributed by atoms with Crippen molar-refractivity contribution in [2.24, 2.45) is 5.73 Å². The zero-order chi connectivity index (χ0) is 16.0. The third-order valence-corrected chi connectivity index (χ3v) is 3.59. The number of rotatable bonds is 7. The summed E-state index contributed by atoms with van der Waals surface area (Å²) >= 11 is 1.35. The van der Waals surface area contributed by atoms with Crippen molar-refractivity contribution in [3.05, 3.63) is 27.8 Å². The molecule has 0 radical (unpaired) electrons. The fraction of sp³-hybridized carbons (Fsp3) is 0.462. The van der Waals surface area contributed by atoms with Crippen LogP contribution >= 0.6 is 11.8 Å². The maximum absolute atomic E-state index is 12.1. The molecule has 0 saturated carbocycles. The number of carbonyl (C=O) groups is 1. The van der Waals surface area contributed by atoms with Gasteiger partial charge < -0.3 is 15.8 Å². The Morgan fingerprint density at radius 2 is 2.24 bits per heavy atom. The van der Waals surface area contributed by atoms with Crippen molar-refractivity contribution in [1.29, 1.82) is 0 Å². The molecule has 3 N–H and O–H groups in total. The number of amides is 1. The Balaban J connectivity index is 3.08. The van der Waals surface area contributed by atoms with Crippen molar-refractivity contribution >= 4 is 23.4 Å². The molecule has 116 valence electrons. The van der Waals surface area contributed by atoms with Crippen molar-refractivity contribution in [3.8, 4) is 5.75 Å². The first-order valence-corrected chi connectivity index (χ1v) is 7.57. The first kappa shape index (κ1) is 17.3. The lowest BCUT2D eigenvalue weighted by Crippen LogP contribution is -2.29. The van der Waals surface area contributed by atoms with Gasteiger partial charge in [-0.05, 0) is 25.7 Å². The van der Waals surface area contributed by atoms with E-state index in [2.05, 4.69) is 5.32 Å². The molecule has 1 rings (SSSR count). The highest BCUT2D eigenvalue weighted by Crippen LogP contribution is 2.34. The van der Waals surface area contributed by atoms with Crippen molar-refractivity contribution in [2.45, 2.75) is 24.3 Å². The molecule has 21 heavy (non-hydrogen) atoms. The lowest BCUT2D eigenvalue weighted by Gasteiger charge is -2.11. The van der Waals surface area contributed by atoms with E-state index in [9.17, 15) is 14.9 Å². The fourth-order valence-corrected chi connectivity index (χ4v) is 2.29. The number of nitro benzene ring substituents is 1. The second-order valence-electron chi connectivity index (χ2n) is 4.50. The molecule has 0 aliphatic carbocycles. The van der Waals surface area contributed by atoms with E-state index in [0.717, 1.165) is 0 Å². The molecule has 0 heterocycles.